The van der Waals surface area contributed by atoms with E-state index in [1.807, 2.05) is 67.6 Å². The van der Waals surface area contributed by atoms with Gasteiger partial charge in [-0.05, 0) is 55.0 Å². The number of ether oxygens (including phenoxy) is 2. The summed E-state index contributed by atoms with van der Waals surface area (Å²) in [5.74, 6) is 0.632. The molecule has 2 amide bonds. The van der Waals surface area contributed by atoms with Gasteiger partial charge in [0.2, 0.25) is 5.91 Å². The van der Waals surface area contributed by atoms with Crippen molar-refractivity contribution in [3.05, 3.63) is 102 Å². The highest BCUT2D eigenvalue weighted by molar-refractivity contribution is 5.97. The third kappa shape index (κ3) is 6.58. The number of hydrogen-bond donors (Lipinski definition) is 0. The van der Waals surface area contributed by atoms with Crippen LogP contribution in [0.5, 0.6) is 11.5 Å². The average Bonchev–Trinajstić information content (AvgIpc) is 3.07. The second kappa shape index (κ2) is 13.3. The molecule has 2 heterocycles. The van der Waals surface area contributed by atoms with Crippen LogP contribution in [0.25, 0.3) is 11.3 Å². The Morgan fingerprint density at radius 1 is 0.860 bits per heavy atom. The fraction of sp³-hybridized carbons (Fsp3) is 0.273. The Labute approximate surface area is 250 Å². The van der Waals surface area contributed by atoms with Crippen molar-refractivity contribution in [3.63, 3.8) is 0 Å². The number of carbonyl (C=O) groups excluding carboxylic acids is 2. The van der Waals surface area contributed by atoms with Crippen LogP contribution in [-0.4, -0.2) is 78.8 Å². The van der Waals surface area contributed by atoms with Gasteiger partial charge in [-0.25, -0.2) is 4.39 Å². The predicted octanol–water partition coefficient (Wildman–Crippen LogP) is 4.85. The highest BCUT2D eigenvalue weighted by Crippen LogP contribution is 2.32. The van der Waals surface area contributed by atoms with Crippen molar-refractivity contribution in [1.82, 2.24) is 20.0 Å². The summed E-state index contributed by atoms with van der Waals surface area (Å²) in [6, 6.07) is 24.2. The minimum atomic E-state index is -0.614. The molecule has 1 fully saturated rings. The van der Waals surface area contributed by atoms with E-state index in [1.165, 1.54) is 23.1 Å². The fourth-order valence-corrected chi connectivity index (χ4v) is 5.16. The fourth-order valence-electron chi connectivity index (χ4n) is 5.16. The first-order chi connectivity index (χ1) is 20.9. The topological polar surface area (TPSA) is 88.1 Å². The van der Waals surface area contributed by atoms with Gasteiger partial charge in [-0.1, -0.05) is 42.5 Å². The molecular weight excluding hydrogens is 549 g/mol. The third-order valence-electron chi connectivity index (χ3n) is 7.71. The van der Waals surface area contributed by atoms with Crippen molar-refractivity contribution in [2.45, 2.75) is 13.0 Å². The summed E-state index contributed by atoms with van der Waals surface area (Å²) in [5, 5.41) is 8.84. The number of rotatable bonds is 9. The molecule has 0 radical (unpaired) electrons. The molecule has 0 spiro atoms. The van der Waals surface area contributed by atoms with Crippen molar-refractivity contribution in [2.75, 3.05) is 51.8 Å². The molecule has 0 aliphatic carbocycles. The number of nitrogens with zero attached hydrogens (tertiary/aromatic N) is 5. The highest BCUT2D eigenvalue weighted by Gasteiger charge is 2.30. The van der Waals surface area contributed by atoms with Crippen LogP contribution in [0, 0.1) is 5.82 Å². The summed E-state index contributed by atoms with van der Waals surface area (Å²) >= 11 is 0. The lowest BCUT2D eigenvalue weighted by atomic mass is 10.0. The molecule has 0 N–H and O–H groups in total. The van der Waals surface area contributed by atoms with Gasteiger partial charge in [-0.2, -0.15) is 0 Å². The molecule has 1 aliphatic rings. The molecule has 1 aliphatic heterocycles. The van der Waals surface area contributed by atoms with Crippen LogP contribution >= 0.6 is 0 Å². The van der Waals surface area contributed by atoms with E-state index in [0.717, 1.165) is 11.1 Å². The first-order valence-corrected chi connectivity index (χ1v) is 14.1. The maximum Gasteiger partial charge on any atom is 0.257 e. The number of aromatic nitrogens is 2. The molecule has 4 aromatic rings. The molecule has 222 valence electrons. The van der Waals surface area contributed by atoms with Crippen LogP contribution in [0.4, 0.5) is 10.2 Å². The van der Waals surface area contributed by atoms with Crippen LogP contribution in [-0.2, 0) is 4.79 Å². The molecule has 9 nitrogen and oxygen atoms in total. The van der Waals surface area contributed by atoms with Crippen molar-refractivity contribution >= 4 is 17.6 Å². The first kappa shape index (κ1) is 29.5. The van der Waals surface area contributed by atoms with Crippen LogP contribution < -0.4 is 14.4 Å². The summed E-state index contributed by atoms with van der Waals surface area (Å²) in [5.41, 5.74) is 2.36. The van der Waals surface area contributed by atoms with Gasteiger partial charge in [0.1, 0.15) is 12.4 Å². The molecule has 3 aromatic carbocycles. The van der Waals surface area contributed by atoms with Crippen LogP contribution in [0.2, 0.25) is 0 Å². The van der Waals surface area contributed by atoms with E-state index in [9.17, 15) is 14.0 Å². The number of methoxy groups -OCH3 is 2. The second-order valence-corrected chi connectivity index (χ2v) is 10.2. The number of benzene rings is 3. The Hall–Kier alpha value is -4.99. The number of amides is 2. The molecule has 5 rings (SSSR count). The van der Waals surface area contributed by atoms with Crippen molar-refractivity contribution in [2.24, 2.45) is 0 Å². The first-order valence-electron chi connectivity index (χ1n) is 14.1. The van der Waals surface area contributed by atoms with E-state index in [-0.39, 0.29) is 18.0 Å². The number of anilines is 1. The molecular formula is C33H34FN5O4. The molecule has 43 heavy (non-hydrogen) atoms. The number of piperazine rings is 1. The smallest absolute Gasteiger partial charge is 0.257 e. The van der Waals surface area contributed by atoms with Gasteiger partial charge in [-0.3, -0.25) is 9.59 Å². The zero-order valence-electron chi connectivity index (χ0n) is 24.4. The zero-order chi connectivity index (χ0) is 30.3. The molecule has 1 unspecified atom stereocenters. The van der Waals surface area contributed by atoms with E-state index in [2.05, 4.69) is 15.1 Å². The lowest BCUT2D eigenvalue weighted by Gasteiger charge is -2.37. The van der Waals surface area contributed by atoms with E-state index in [1.54, 1.807) is 25.2 Å². The average molecular weight is 584 g/mol. The maximum atomic E-state index is 14.6. The van der Waals surface area contributed by atoms with Crippen LogP contribution in [0.15, 0.2) is 84.9 Å². The normalized spacial score (nSPS) is 13.8. The minimum absolute atomic E-state index is 0.0574. The molecule has 0 bridgehead atoms. The standard InChI is InChI=1S/C33H34FN5O4/c1-23(24-9-5-4-6-10-24)39(33(41)26-11-7-8-12-27(26)34)22-32(40)38-19-17-37(18-20-38)31-16-14-28(35-36-31)25-13-15-29(42-2)30(21-25)43-3/h4-16,21,23H,17-20,22H2,1-3H3. The predicted molar refractivity (Wildman–Crippen MR) is 162 cm³/mol. The largest absolute Gasteiger partial charge is 0.493 e. The SMILES string of the molecule is COc1ccc(-c2ccc(N3CCN(C(=O)CN(C(=O)c4ccccc4F)C(C)c4ccccc4)CC3)nn2)cc1OC. The van der Waals surface area contributed by atoms with Crippen LogP contribution in [0.3, 0.4) is 0 Å². The summed E-state index contributed by atoms with van der Waals surface area (Å²) in [6.45, 7) is 3.72. The van der Waals surface area contributed by atoms with Gasteiger partial charge in [0.05, 0.1) is 31.5 Å². The Balaban J connectivity index is 1.25. The number of halogens is 1. The summed E-state index contributed by atoms with van der Waals surface area (Å²) in [6.07, 6.45) is 0. The van der Waals surface area contributed by atoms with Crippen molar-refractivity contribution < 1.29 is 23.5 Å². The lowest BCUT2D eigenvalue weighted by Crippen LogP contribution is -2.52. The molecule has 0 saturated carbocycles. The van der Waals surface area contributed by atoms with Gasteiger partial charge < -0.3 is 24.2 Å². The molecule has 1 atom stereocenters. The van der Waals surface area contributed by atoms with E-state index in [4.69, 9.17) is 9.47 Å². The lowest BCUT2D eigenvalue weighted by molar-refractivity contribution is -0.132. The van der Waals surface area contributed by atoms with E-state index >= 15 is 0 Å². The Kier molecular flexibility index (Phi) is 9.14. The summed E-state index contributed by atoms with van der Waals surface area (Å²) < 4.78 is 25.3. The van der Waals surface area contributed by atoms with E-state index < -0.39 is 17.8 Å². The second-order valence-electron chi connectivity index (χ2n) is 10.2. The number of hydrogen-bond acceptors (Lipinski definition) is 7. The summed E-state index contributed by atoms with van der Waals surface area (Å²) in [7, 11) is 3.18. The van der Waals surface area contributed by atoms with Crippen LogP contribution in [0.1, 0.15) is 28.9 Å². The summed E-state index contributed by atoms with van der Waals surface area (Å²) in [4.78, 5) is 32.2. The van der Waals surface area contributed by atoms with E-state index in [0.29, 0.717) is 49.2 Å². The highest BCUT2D eigenvalue weighted by atomic mass is 19.1. The van der Waals surface area contributed by atoms with Crippen molar-refractivity contribution in [3.8, 4) is 22.8 Å². The molecule has 10 heteroatoms. The van der Waals surface area contributed by atoms with Crippen molar-refractivity contribution in [1.29, 1.82) is 0 Å². The van der Waals surface area contributed by atoms with Gasteiger partial charge in [0, 0.05) is 31.7 Å². The monoisotopic (exact) mass is 583 g/mol. The zero-order valence-corrected chi connectivity index (χ0v) is 24.4. The Bertz CT molecular complexity index is 1560. The molecule has 1 saturated heterocycles. The van der Waals surface area contributed by atoms with Gasteiger partial charge in [0.15, 0.2) is 17.3 Å². The maximum absolute atomic E-state index is 14.6. The van der Waals surface area contributed by atoms with Gasteiger partial charge in [0.25, 0.3) is 5.91 Å². The minimum Gasteiger partial charge on any atom is -0.493 e. The molecule has 1 aromatic heterocycles. The Morgan fingerprint density at radius 3 is 2.21 bits per heavy atom. The Morgan fingerprint density at radius 2 is 1.56 bits per heavy atom. The third-order valence-corrected chi connectivity index (χ3v) is 7.71. The number of carbonyl (C=O) groups is 2. The van der Waals surface area contributed by atoms with Gasteiger partial charge >= 0.3 is 0 Å². The quantitative estimate of drug-likeness (QED) is 0.278. The van der Waals surface area contributed by atoms with Gasteiger partial charge in [-0.15, -0.1) is 10.2 Å².